The number of hydrogen-bond acceptors (Lipinski definition) is 3. The average Bonchev–Trinajstić information content (AvgIpc) is 3.11. The van der Waals surface area contributed by atoms with Gasteiger partial charge in [-0.1, -0.05) is 53.7 Å². The highest BCUT2D eigenvalue weighted by Gasteiger charge is 2.61. The third-order valence-corrected chi connectivity index (χ3v) is 12.1. The second-order valence-electron chi connectivity index (χ2n) is 9.34. The first-order valence-corrected chi connectivity index (χ1v) is 13.3. The summed E-state index contributed by atoms with van der Waals surface area (Å²) in [7, 11) is -1.77. The number of carbonyl (C=O) groups is 1. The Balaban J connectivity index is 2.42. The molecule has 27 heavy (non-hydrogen) atoms. The molecular weight excluding hydrogens is 352 g/mol. The van der Waals surface area contributed by atoms with Gasteiger partial charge < -0.3 is 9.16 Å². The normalized spacial score (nSPS) is 31.9. The predicted molar refractivity (Wildman–Crippen MR) is 115 cm³/mol. The van der Waals surface area contributed by atoms with Crippen molar-refractivity contribution in [3.8, 4) is 0 Å². The molecular formula is C23H40O3Si. The van der Waals surface area contributed by atoms with Gasteiger partial charge in [0.2, 0.25) is 0 Å². The summed E-state index contributed by atoms with van der Waals surface area (Å²) >= 11 is 0. The van der Waals surface area contributed by atoms with Gasteiger partial charge in [0.15, 0.2) is 8.32 Å². The molecule has 0 spiro atoms. The van der Waals surface area contributed by atoms with Crippen LogP contribution in [0.2, 0.25) is 18.1 Å². The minimum absolute atomic E-state index is 0.0102. The minimum atomic E-state index is -1.77. The molecule has 2 aliphatic rings. The van der Waals surface area contributed by atoms with E-state index in [1.807, 2.05) is 12.2 Å². The Morgan fingerprint density at radius 3 is 2.33 bits per heavy atom. The van der Waals surface area contributed by atoms with Crippen LogP contribution in [0.4, 0.5) is 0 Å². The van der Waals surface area contributed by atoms with Crippen LogP contribution < -0.4 is 0 Å². The number of carbonyl (C=O) groups excluding carboxylic acids is 1. The van der Waals surface area contributed by atoms with Crippen molar-refractivity contribution in [3.63, 3.8) is 0 Å². The van der Waals surface area contributed by atoms with Crippen molar-refractivity contribution in [2.24, 2.45) is 29.1 Å². The first-order valence-electron chi connectivity index (χ1n) is 10.8. The van der Waals surface area contributed by atoms with Gasteiger partial charge in [-0.2, -0.15) is 0 Å². The smallest absolute Gasteiger partial charge is 0.309 e. The summed E-state index contributed by atoms with van der Waals surface area (Å²) in [6, 6.07) is 3.41. The molecule has 1 aliphatic carbocycles. The van der Waals surface area contributed by atoms with E-state index < -0.39 is 8.32 Å². The van der Waals surface area contributed by atoms with Gasteiger partial charge in [0, 0.05) is 11.3 Å². The Kier molecular flexibility index (Phi) is 7.18. The van der Waals surface area contributed by atoms with Crippen LogP contribution in [0.5, 0.6) is 0 Å². The Labute approximate surface area is 167 Å². The van der Waals surface area contributed by atoms with Crippen molar-refractivity contribution in [1.29, 1.82) is 0 Å². The van der Waals surface area contributed by atoms with E-state index in [4.69, 9.17) is 9.16 Å². The lowest BCUT2D eigenvalue weighted by atomic mass is 9.77. The molecule has 0 amide bonds. The van der Waals surface area contributed by atoms with Crippen molar-refractivity contribution >= 4 is 14.3 Å². The van der Waals surface area contributed by atoms with Gasteiger partial charge in [-0.05, 0) is 42.8 Å². The fraction of sp³-hybridized carbons (Fsp3) is 0.783. The lowest BCUT2D eigenvalue weighted by Crippen LogP contribution is -2.46. The first kappa shape index (κ1) is 22.4. The van der Waals surface area contributed by atoms with Crippen LogP contribution in [0.15, 0.2) is 25.3 Å². The van der Waals surface area contributed by atoms with Gasteiger partial charge >= 0.3 is 5.97 Å². The fourth-order valence-corrected chi connectivity index (χ4v) is 8.46. The van der Waals surface area contributed by atoms with Gasteiger partial charge in [-0.3, -0.25) is 4.79 Å². The van der Waals surface area contributed by atoms with E-state index in [-0.39, 0.29) is 41.3 Å². The van der Waals surface area contributed by atoms with Crippen molar-refractivity contribution in [2.45, 2.75) is 84.7 Å². The third-order valence-electron chi connectivity index (χ3n) is 7.44. The topological polar surface area (TPSA) is 35.5 Å². The molecule has 1 aliphatic heterocycles. The van der Waals surface area contributed by atoms with Crippen molar-refractivity contribution in [1.82, 2.24) is 0 Å². The third kappa shape index (κ3) is 4.12. The zero-order valence-corrected chi connectivity index (χ0v) is 19.3. The lowest BCUT2D eigenvalue weighted by Gasteiger charge is -2.40. The maximum Gasteiger partial charge on any atom is 0.309 e. The summed E-state index contributed by atoms with van der Waals surface area (Å²) in [6.45, 7) is 21.5. The standard InChI is InChI=1S/C23H40O3Si/c1-9-14-17-19-18(15-23(7,8)21(19)25-22(17)24)20(16(6)10-2)26-27(11-3,12-4)13-5/h9-10,16-21H,1-2,11-15H2,3-8H3/t16-,17-,18+,19+,20-,21+/m0/s1. The van der Waals surface area contributed by atoms with E-state index in [1.54, 1.807) is 0 Å². The SMILES string of the molecule is C=CC[C@@H]1C(=O)O[C@@H]2[C@H]1[C@H]([C@@H](O[Si](CC)(CC)CC)[C@@H](C)C=C)CC2(C)C. The Morgan fingerprint density at radius 2 is 1.85 bits per heavy atom. The van der Waals surface area contributed by atoms with Crippen LogP contribution in [-0.2, 0) is 14.0 Å². The molecule has 4 heteroatoms. The number of fused-ring (bicyclic) bond motifs is 1. The molecule has 0 aromatic rings. The van der Waals surface area contributed by atoms with Crippen LogP contribution >= 0.6 is 0 Å². The summed E-state index contributed by atoms with van der Waals surface area (Å²) in [5, 5.41) is 0. The molecule has 1 saturated carbocycles. The summed E-state index contributed by atoms with van der Waals surface area (Å²) in [4.78, 5) is 12.6. The number of rotatable bonds is 10. The van der Waals surface area contributed by atoms with Crippen LogP contribution in [0.1, 0.15) is 54.4 Å². The van der Waals surface area contributed by atoms with E-state index in [2.05, 4.69) is 54.7 Å². The summed E-state index contributed by atoms with van der Waals surface area (Å²) in [5.74, 6) is 0.684. The van der Waals surface area contributed by atoms with Gasteiger partial charge in [0.1, 0.15) is 6.10 Å². The Morgan fingerprint density at radius 1 is 1.26 bits per heavy atom. The second kappa shape index (κ2) is 8.65. The lowest BCUT2D eigenvalue weighted by molar-refractivity contribution is -0.147. The Bertz CT molecular complexity index is 544. The molecule has 3 nitrogen and oxygen atoms in total. The maximum atomic E-state index is 12.6. The van der Waals surface area contributed by atoms with Gasteiger partial charge in [0.05, 0.1) is 12.0 Å². The fourth-order valence-electron chi connectivity index (χ4n) is 5.50. The molecule has 0 unspecified atom stereocenters. The molecule has 6 atom stereocenters. The van der Waals surface area contributed by atoms with Crippen LogP contribution in [0.3, 0.4) is 0 Å². The second-order valence-corrected chi connectivity index (χ2v) is 14.1. The molecule has 0 bridgehead atoms. The largest absolute Gasteiger partial charge is 0.461 e. The van der Waals surface area contributed by atoms with E-state index in [0.717, 1.165) is 24.6 Å². The van der Waals surface area contributed by atoms with Gasteiger partial charge in [-0.25, -0.2) is 0 Å². The Hall–Kier alpha value is -0.873. The highest BCUT2D eigenvalue weighted by Crippen LogP contribution is 2.57. The molecule has 0 aromatic carbocycles. The summed E-state index contributed by atoms with van der Waals surface area (Å²) < 4.78 is 13.0. The highest BCUT2D eigenvalue weighted by molar-refractivity contribution is 6.73. The van der Waals surface area contributed by atoms with Gasteiger partial charge in [0.25, 0.3) is 0 Å². The monoisotopic (exact) mass is 392 g/mol. The number of ether oxygens (including phenoxy) is 1. The zero-order valence-electron chi connectivity index (χ0n) is 18.3. The average molecular weight is 393 g/mol. The summed E-state index contributed by atoms with van der Waals surface area (Å²) in [5.41, 5.74) is -0.0156. The number of hydrogen-bond donors (Lipinski definition) is 0. The highest BCUT2D eigenvalue weighted by atomic mass is 28.4. The minimum Gasteiger partial charge on any atom is -0.461 e. The molecule has 154 valence electrons. The van der Waals surface area contributed by atoms with Crippen LogP contribution in [0, 0.1) is 29.1 Å². The number of allylic oxidation sites excluding steroid dienone is 1. The maximum absolute atomic E-state index is 12.6. The van der Waals surface area contributed by atoms with Crippen LogP contribution in [-0.4, -0.2) is 26.5 Å². The van der Waals surface area contributed by atoms with E-state index in [9.17, 15) is 4.79 Å². The molecule has 1 saturated heterocycles. The molecule has 1 heterocycles. The van der Waals surface area contributed by atoms with E-state index in [0.29, 0.717) is 12.3 Å². The molecule has 2 rings (SSSR count). The van der Waals surface area contributed by atoms with Crippen molar-refractivity contribution in [3.05, 3.63) is 25.3 Å². The molecule has 0 aromatic heterocycles. The first-order chi connectivity index (χ1) is 12.7. The molecule has 0 radical (unpaired) electrons. The predicted octanol–water partition coefficient (Wildman–Crippen LogP) is 5.98. The molecule has 0 N–H and O–H groups in total. The molecule has 2 fully saturated rings. The quantitative estimate of drug-likeness (QED) is 0.261. The summed E-state index contributed by atoms with van der Waals surface area (Å²) in [6.07, 6.45) is 5.74. The van der Waals surface area contributed by atoms with E-state index in [1.165, 1.54) is 0 Å². The van der Waals surface area contributed by atoms with Crippen molar-refractivity contribution < 1.29 is 14.0 Å². The van der Waals surface area contributed by atoms with Crippen molar-refractivity contribution in [2.75, 3.05) is 0 Å². The zero-order chi connectivity index (χ0) is 20.4. The number of esters is 1. The van der Waals surface area contributed by atoms with Gasteiger partial charge in [-0.15, -0.1) is 13.2 Å². The van der Waals surface area contributed by atoms with E-state index >= 15 is 0 Å². The van der Waals surface area contributed by atoms with Crippen LogP contribution in [0.25, 0.3) is 0 Å².